The van der Waals surface area contributed by atoms with Gasteiger partial charge in [-0.15, -0.1) is 5.10 Å². The maximum Gasteiger partial charge on any atom is 0.427 e. The molecule has 2 amide bonds. The number of carbonyl (C=O) groups excluding carboxylic acids is 2. The van der Waals surface area contributed by atoms with Gasteiger partial charge in [0.25, 0.3) is 5.91 Å². The second-order valence-corrected chi connectivity index (χ2v) is 5.38. The standard InChI is InChI=1S/C14H15N7O4/c1-19(2)13(23)17-10-6-16-20(18-10)7-11(22)21-9-5-3-4-8(15)12(9)25-14(21)24/h3-6H,7,15H2,1-2H3,(H,17,18,23). The lowest BCUT2D eigenvalue weighted by Gasteiger charge is -2.09. The molecule has 0 aliphatic heterocycles. The molecule has 0 saturated carbocycles. The van der Waals surface area contributed by atoms with Gasteiger partial charge in [0.1, 0.15) is 12.1 Å². The van der Waals surface area contributed by atoms with Gasteiger partial charge in [-0.25, -0.2) is 14.2 Å². The Morgan fingerprint density at radius 2 is 2.12 bits per heavy atom. The van der Waals surface area contributed by atoms with Crippen molar-refractivity contribution in [1.82, 2.24) is 24.5 Å². The molecule has 0 atom stereocenters. The Balaban J connectivity index is 1.83. The summed E-state index contributed by atoms with van der Waals surface area (Å²) in [4.78, 5) is 38.3. The normalized spacial score (nSPS) is 10.8. The Labute approximate surface area is 140 Å². The van der Waals surface area contributed by atoms with Gasteiger partial charge in [-0.2, -0.15) is 9.90 Å². The molecule has 0 bridgehead atoms. The molecule has 2 aromatic heterocycles. The number of hydrogen-bond donors (Lipinski definition) is 2. The van der Waals surface area contributed by atoms with Gasteiger partial charge in [-0.05, 0) is 12.1 Å². The zero-order valence-corrected chi connectivity index (χ0v) is 13.5. The third-order valence-corrected chi connectivity index (χ3v) is 3.34. The number of rotatable bonds is 3. The van der Waals surface area contributed by atoms with E-state index in [1.165, 1.54) is 11.1 Å². The molecule has 0 fully saturated rings. The lowest BCUT2D eigenvalue weighted by Crippen LogP contribution is -2.28. The average Bonchev–Trinajstić information content (AvgIpc) is 3.11. The van der Waals surface area contributed by atoms with E-state index in [9.17, 15) is 14.4 Å². The summed E-state index contributed by atoms with van der Waals surface area (Å²) in [7, 11) is 3.15. The predicted octanol–water partition coefficient (Wildman–Crippen LogP) is 0.202. The van der Waals surface area contributed by atoms with Crippen molar-refractivity contribution in [3.63, 3.8) is 0 Å². The summed E-state index contributed by atoms with van der Waals surface area (Å²) in [5.74, 6) is -1.26. The van der Waals surface area contributed by atoms with Gasteiger partial charge in [0.05, 0.1) is 11.9 Å². The number of nitrogens with one attached hydrogen (secondary N) is 1. The summed E-state index contributed by atoms with van der Waals surface area (Å²) in [6.45, 7) is -0.318. The monoisotopic (exact) mass is 345 g/mol. The fraction of sp³-hybridized carbons (Fsp3) is 0.214. The van der Waals surface area contributed by atoms with Crippen LogP contribution in [-0.2, 0) is 6.54 Å². The fourth-order valence-corrected chi connectivity index (χ4v) is 2.14. The van der Waals surface area contributed by atoms with E-state index in [0.717, 1.165) is 9.36 Å². The molecule has 25 heavy (non-hydrogen) atoms. The highest BCUT2D eigenvalue weighted by atomic mass is 16.4. The van der Waals surface area contributed by atoms with E-state index >= 15 is 0 Å². The van der Waals surface area contributed by atoms with Gasteiger partial charge in [0, 0.05) is 14.1 Å². The van der Waals surface area contributed by atoms with Crippen LogP contribution in [0.25, 0.3) is 11.1 Å². The molecule has 0 saturated heterocycles. The van der Waals surface area contributed by atoms with Gasteiger partial charge in [-0.1, -0.05) is 6.07 Å². The number of aromatic nitrogens is 4. The van der Waals surface area contributed by atoms with Crippen LogP contribution in [0.3, 0.4) is 0 Å². The molecule has 3 N–H and O–H groups in total. The number of oxazole rings is 1. The molecule has 1 aromatic carbocycles. The predicted molar refractivity (Wildman–Crippen MR) is 88.2 cm³/mol. The number of nitrogen functional groups attached to an aromatic ring is 1. The maximum absolute atomic E-state index is 12.4. The lowest BCUT2D eigenvalue weighted by molar-refractivity contribution is 0.0877. The quantitative estimate of drug-likeness (QED) is 0.646. The van der Waals surface area contributed by atoms with Gasteiger partial charge in [-0.3, -0.25) is 10.1 Å². The first-order valence-corrected chi connectivity index (χ1v) is 7.18. The van der Waals surface area contributed by atoms with Crippen LogP contribution < -0.4 is 16.8 Å². The summed E-state index contributed by atoms with van der Waals surface area (Å²) >= 11 is 0. The van der Waals surface area contributed by atoms with Crippen molar-refractivity contribution in [2.45, 2.75) is 6.54 Å². The smallest absolute Gasteiger partial charge is 0.405 e. The van der Waals surface area contributed by atoms with E-state index in [1.807, 2.05) is 0 Å². The second-order valence-electron chi connectivity index (χ2n) is 5.38. The fourth-order valence-electron chi connectivity index (χ4n) is 2.14. The molecule has 0 radical (unpaired) electrons. The number of fused-ring (bicyclic) bond motifs is 1. The van der Waals surface area contributed by atoms with Crippen molar-refractivity contribution in [3.05, 3.63) is 34.9 Å². The number of amides is 2. The summed E-state index contributed by atoms with van der Waals surface area (Å²) in [5.41, 5.74) is 6.40. The first-order chi connectivity index (χ1) is 11.9. The first kappa shape index (κ1) is 16.2. The SMILES string of the molecule is CN(C)C(=O)Nc1cnn(CC(=O)n2c(=O)oc3c(N)cccc32)n1. The Hall–Kier alpha value is -3.63. The van der Waals surface area contributed by atoms with Crippen LogP contribution in [-0.4, -0.2) is 50.5 Å². The summed E-state index contributed by atoms with van der Waals surface area (Å²) < 4.78 is 5.89. The highest BCUT2D eigenvalue weighted by Gasteiger charge is 2.19. The number of carbonyl (C=O) groups is 2. The van der Waals surface area contributed by atoms with E-state index in [1.54, 1.807) is 32.3 Å². The summed E-state index contributed by atoms with van der Waals surface area (Å²) in [6.07, 6.45) is 1.29. The third kappa shape index (κ3) is 3.06. The van der Waals surface area contributed by atoms with Crippen molar-refractivity contribution in [3.8, 4) is 0 Å². The molecule has 3 aromatic rings. The first-order valence-electron chi connectivity index (χ1n) is 7.18. The molecule has 0 spiro atoms. The number of benzene rings is 1. The maximum atomic E-state index is 12.4. The molecule has 11 nitrogen and oxygen atoms in total. The number of urea groups is 1. The number of anilines is 2. The molecule has 0 aliphatic carbocycles. The number of hydrogen-bond acceptors (Lipinski definition) is 7. The van der Waals surface area contributed by atoms with Crippen LogP contribution in [0.5, 0.6) is 0 Å². The zero-order chi connectivity index (χ0) is 18.1. The third-order valence-electron chi connectivity index (χ3n) is 3.34. The highest BCUT2D eigenvalue weighted by Crippen LogP contribution is 2.19. The van der Waals surface area contributed by atoms with Gasteiger partial charge in [0.2, 0.25) is 0 Å². The minimum Gasteiger partial charge on any atom is -0.405 e. The van der Waals surface area contributed by atoms with Gasteiger partial charge >= 0.3 is 11.8 Å². The van der Waals surface area contributed by atoms with Crippen LogP contribution >= 0.6 is 0 Å². The minimum absolute atomic E-state index is 0.146. The van der Waals surface area contributed by atoms with Crippen LogP contribution in [0.15, 0.2) is 33.6 Å². The highest BCUT2D eigenvalue weighted by molar-refractivity contribution is 5.93. The zero-order valence-electron chi connectivity index (χ0n) is 13.5. The Bertz CT molecular complexity index is 1010. The number of para-hydroxylation sites is 1. The van der Waals surface area contributed by atoms with Crippen molar-refractivity contribution < 1.29 is 14.0 Å². The van der Waals surface area contributed by atoms with E-state index in [0.29, 0.717) is 0 Å². The molecule has 0 unspecified atom stereocenters. The molecule has 11 heteroatoms. The molecular weight excluding hydrogens is 330 g/mol. The minimum atomic E-state index is -0.841. The van der Waals surface area contributed by atoms with Crippen LogP contribution in [0.1, 0.15) is 4.79 Å². The van der Waals surface area contributed by atoms with Gasteiger partial charge in [0.15, 0.2) is 11.4 Å². The second kappa shape index (κ2) is 6.11. The summed E-state index contributed by atoms with van der Waals surface area (Å²) in [6, 6.07) is 4.34. The lowest BCUT2D eigenvalue weighted by atomic mass is 10.3. The topological polar surface area (TPSA) is 141 Å². The Morgan fingerprint density at radius 3 is 2.84 bits per heavy atom. The Kier molecular flexibility index (Phi) is 3.97. The van der Waals surface area contributed by atoms with Crippen molar-refractivity contribution in [1.29, 1.82) is 0 Å². The van der Waals surface area contributed by atoms with E-state index in [4.69, 9.17) is 10.2 Å². The number of nitrogens with two attached hydrogens (primary N) is 1. The number of nitrogens with zero attached hydrogens (tertiary/aromatic N) is 5. The molecule has 0 aliphatic rings. The molecule has 130 valence electrons. The average molecular weight is 345 g/mol. The van der Waals surface area contributed by atoms with Crippen LogP contribution in [0.2, 0.25) is 0 Å². The molecular formula is C14H15N7O4. The van der Waals surface area contributed by atoms with Crippen molar-refractivity contribution >= 4 is 34.5 Å². The van der Waals surface area contributed by atoms with Crippen molar-refractivity contribution in [2.75, 3.05) is 25.1 Å². The Morgan fingerprint density at radius 1 is 1.36 bits per heavy atom. The van der Waals surface area contributed by atoms with Crippen molar-refractivity contribution in [2.24, 2.45) is 0 Å². The summed E-state index contributed by atoms with van der Waals surface area (Å²) in [5, 5.41) is 10.3. The largest absolute Gasteiger partial charge is 0.427 e. The van der Waals surface area contributed by atoms with Crippen LogP contribution in [0.4, 0.5) is 16.3 Å². The van der Waals surface area contributed by atoms with Gasteiger partial charge < -0.3 is 15.1 Å². The van der Waals surface area contributed by atoms with E-state index in [2.05, 4.69) is 15.5 Å². The molecule has 3 rings (SSSR count). The molecule has 2 heterocycles. The van der Waals surface area contributed by atoms with E-state index in [-0.39, 0.29) is 35.2 Å². The van der Waals surface area contributed by atoms with E-state index < -0.39 is 11.7 Å². The van der Waals surface area contributed by atoms with Crippen LogP contribution in [0, 0.1) is 0 Å².